The summed E-state index contributed by atoms with van der Waals surface area (Å²) >= 11 is 4.44. The Labute approximate surface area is 113 Å². The third kappa shape index (κ3) is 3.07. The highest BCUT2D eigenvalue weighted by atomic mass is 79.9. The molecular formula is C9H13BrN2O3S2. The molecule has 1 fully saturated rings. The van der Waals surface area contributed by atoms with Crippen molar-refractivity contribution in [1.29, 1.82) is 0 Å². The largest absolute Gasteiger partial charge is 0.378 e. The molecule has 0 aromatic carbocycles. The highest BCUT2D eigenvalue weighted by molar-refractivity contribution is 9.11. The van der Waals surface area contributed by atoms with Gasteiger partial charge in [-0.1, -0.05) is 0 Å². The summed E-state index contributed by atoms with van der Waals surface area (Å²) in [4.78, 5) is 0. The van der Waals surface area contributed by atoms with Crippen LogP contribution in [0.15, 0.2) is 20.1 Å². The number of thiophene rings is 1. The Morgan fingerprint density at radius 2 is 2.29 bits per heavy atom. The first-order valence-electron chi connectivity index (χ1n) is 5.04. The summed E-state index contributed by atoms with van der Waals surface area (Å²) in [5.41, 5.74) is 0. The number of methoxy groups -OCH3 is 1. The topological polar surface area (TPSA) is 67.4 Å². The molecule has 1 aromatic rings. The molecular weight excluding hydrogens is 328 g/mol. The molecule has 2 rings (SSSR count). The van der Waals surface area contributed by atoms with E-state index in [1.54, 1.807) is 19.2 Å². The van der Waals surface area contributed by atoms with Crippen LogP contribution in [-0.4, -0.2) is 40.8 Å². The van der Waals surface area contributed by atoms with Crippen molar-refractivity contribution >= 4 is 37.3 Å². The number of sulfonamides is 1. The fraction of sp³-hybridized carbons (Fsp3) is 0.556. The average Bonchev–Trinajstić information content (AvgIpc) is 2.86. The third-order valence-corrected chi connectivity index (χ3v) is 6.19. The van der Waals surface area contributed by atoms with Gasteiger partial charge in [0.25, 0.3) is 0 Å². The van der Waals surface area contributed by atoms with Crippen LogP contribution in [-0.2, 0) is 14.8 Å². The molecule has 0 aliphatic carbocycles. The smallest absolute Gasteiger partial charge is 0.250 e. The van der Waals surface area contributed by atoms with Gasteiger partial charge in [0.15, 0.2) is 0 Å². The lowest BCUT2D eigenvalue weighted by Gasteiger charge is -2.17. The maximum Gasteiger partial charge on any atom is 0.250 e. The van der Waals surface area contributed by atoms with Gasteiger partial charge in [-0.3, -0.25) is 0 Å². The molecule has 8 heteroatoms. The summed E-state index contributed by atoms with van der Waals surface area (Å²) in [6.45, 7) is 1.25. The van der Waals surface area contributed by atoms with Crippen LogP contribution in [0.25, 0.3) is 0 Å². The van der Waals surface area contributed by atoms with Gasteiger partial charge in [-0.05, 0) is 28.1 Å². The summed E-state index contributed by atoms with van der Waals surface area (Å²) in [5, 5.41) is 3.09. The Kier molecular flexibility index (Phi) is 4.22. The van der Waals surface area contributed by atoms with Gasteiger partial charge in [-0.2, -0.15) is 0 Å². The molecule has 0 radical (unpaired) electrons. The van der Waals surface area contributed by atoms with E-state index in [4.69, 9.17) is 4.74 Å². The van der Waals surface area contributed by atoms with Gasteiger partial charge in [0.2, 0.25) is 10.0 Å². The van der Waals surface area contributed by atoms with Crippen molar-refractivity contribution < 1.29 is 13.2 Å². The fourth-order valence-corrected chi connectivity index (χ4v) is 5.01. The summed E-state index contributed by atoms with van der Waals surface area (Å²) < 4.78 is 33.1. The van der Waals surface area contributed by atoms with E-state index in [1.807, 2.05) is 0 Å². The number of ether oxygens (including phenoxy) is 1. The highest BCUT2D eigenvalue weighted by Gasteiger charge is 2.31. The van der Waals surface area contributed by atoms with Crippen molar-refractivity contribution in [2.24, 2.45) is 0 Å². The molecule has 2 atom stereocenters. The van der Waals surface area contributed by atoms with E-state index in [-0.39, 0.29) is 12.1 Å². The molecule has 0 saturated carbocycles. The van der Waals surface area contributed by atoms with Crippen LogP contribution in [0.4, 0.5) is 0 Å². The maximum atomic E-state index is 12.1. The van der Waals surface area contributed by atoms with Gasteiger partial charge < -0.3 is 10.1 Å². The lowest BCUT2D eigenvalue weighted by atomic mass is 10.2. The molecule has 96 valence electrons. The second-order valence-corrected chi connectivity index (χ2v) is 8.12. The predicted molar refractivity (Wildman–Crippen MR) is 69.8 cm³/mol. The van der Waals surface area contributed by atoms with Gasteiger partial charge in [0, 0.05) is 20.2 Å². The highest BCUT2D eigenvalue weighted by Crippen LogP contribution is 2.26. The van der Waals surface area contributed by atoms with Crippen LogP contribution >= 0.6 is 27.3 Å². The van der Waals surface area contributed by atoms with Crippen molar-refractivity contribution in [2.75, 3.05) is 20.2 Å². The molecule has 5 nitrogen and oxygen atoms in total. The Morgan fingerprint density at radius 3 is 2.88 bits per heavy atom. The zero-order chi connectivity index (χ0) is 12.5. The third-order valence-electron chi connectivity index (χ3n) is 2.58. The number of nitrogens with one attached hydrogen (secondary N) is 2. The number of hydrogen-bond acceptors (Lipinski definition) is 5. The maximum absolute atomic E-state index is 12.1. The second kappa shape index (κ2) is 5.33. The molecule has 1 aliphatic heterocycles. The zero-order valence-electron chi connectivity index (χ0n) is 9.14. The lowest BCUT2D eigenvalue weighted by molar-refractivity contribution is 0.103. The zero-order valence-corrected chi connectivity index (χ0v) is 12.4. The minimum absolute atomic E-state index is 0.117. The monoisotopic (exact) mass is 340 g/mol. The molecule has 0 bridgehead atoms. The molecule has 0 spiro atoms. The standard InChI is InChI=1S/C9H13BrN2O3S2/c1-15-7-5-11-4-6(7)12-17(13,14)9-3-2-8(10)16-9/h2-3,6-7,11-12H,4-5H2,1H3/t6?,7-/m1/s1. The first kappa shape index (κ1) is 13.4. The molecule has 17 heavy (non-hydrogen) atoms. The molecule has 2 heterocycles. The van der Waals surface area contributed by atoms with Gasteiger partial charge in [0.1, 0.15) is 4.21 Å². The summed E-state index contributed by atoms with van der Waals surface area (Å²) in [7, 11) is -1.86. The Balaban J connectivity index is 2.12. The van der Waals surface area contributed by atoms with E-state index in [9.17, 15) is 8.42 Å². The van der Waals surface area contributed by atoms with Crippen LogP contribution < -0.4 is 10.0 Å². The van der Waals surface area contributed by atoms with E-state index in [0.29, 0.717) is 17.3 Å². The van der Waals surface area contributed by atoms with Crippen LogP contribution in [0.2, 0.25) is 0 Å². The van der Waals surface area contributed by atoms with Crippen molar-refractivity contribution in [1.82, 2.24) is 10.0 Å². The van der Waals surface area contributed by atoms with Crippen LogP contribution in [0.1, 0.15) is 0 Å². The molecule has 1 saturated heterocycles. The van der Waals surface area contributed by atoms with Crippen molar-refractivity contribution in [3.8, 4) is 0 Å². The van der Waals surface area contributed by atoms with E-state index >= 15 is 0 Å². The lowest BCUT2D eigenvalue weighted by Crippen LogP contribution is -2.43. The van der Waals surface area contributed by atoms with Crippen molar-refractivity contribution in [3.63, 3.8) is 0 Å². The molecule has 1 aliphatic rings. The summed E-state index contributed by atoms with van der Waals surface area (Å²) in [6, 6.07) is 3.09. The molecule has 1 unspecified atom stereocenters. The van der Waals surface area contributed by atoms with Gasteiger partial charge in [-0.25, -0.2) is 13.1 Å². The predicted octanol–water partition coefficient (Wildman–Crippen LogP) is 0.776. The fourth-order valence-electron chi connectivity index (χ4n) is 1.72. The van der Waals surface area contributed by atoms with Gasteiger partial charge in [-0.15, -0.1) is 11.3 Å². The van der Waals surface area contributed by atoms with E-state index in [1.165, 1.54) is 11.3 Å². The van der Waals surface area contributed by atoms with Crippen molar-refractivity contribution in [2.45, 2.75) is 16.4 Å². The van der Waals surface area contributed by atoms with Crippen LogP contribution in [0.3, 0.4) is 0 Å². The number of rotatable bonds is 4. The summed E-state index contributed by atoms with van der Waals surface area (Å²) in [6.07, 6.45) is -0.117. The number of hydrogen-bond donors (Lipinski definition) is 2. The normalized spacial score (nSPS) is 25.3. The second-order valence-electron chi connectivity index (χ2n) is 3.72. The van der Waals surface area contributed by atoms with Gasteiger partial charge in [0.05, 0.1) is 15.9 Å². The average molecular weight is 341 g/mol. The first-order chi connectivity index (χ1) is 8.03. The van der Waals surface area contributed by atoms with Crippen molar-refractivity contribution in [3.05, 3.63) is 15.9 Å². The van der Waals surface area contributed by atoms with Crippen LogP contribution in [0, 0.1) is 0 Å². The number of halogens is 1. The Morgan fingerprint density at radius 1 is 1.53 bits per heavy atom. The first-order valence-corrected chi connectivity index (χ1v) is 8.13. The minimum atomic E-state index is -3.45. The SMILES string of the molecule is CO[C@@H]1CNCC1NS(=O)(=O)c1ccc(Br)s1. The van der Waals surface area contributed by atoms with Gasteiger partial charge >= 0.3 is 0 Å². The van der Waals surface area contributed by atoms with Crippen LogP contribution in [0.5, 0.6) is 0 Å². The van der Waals surface area contributed by atoms with E-state index < -0.39 is 10.0 Å². The minimum Gasteiger partial charge on any atom is -0.378 e. The Hall–Kier alpha value is 0.01000. The van der Waals surface area contributed by atoms with E-state index in [0.717, 1.165) is 3.79 Å². The molecule has 2 N–H and O–H groups in total. The molecule has 1 aromatic heterocycles. The van der Waals surface area contributed by atoms with E-state index in [2.05, 4.69) is 26.0 Å². The summed E-state index contributed by atoms with van der Waals surface area (Å²) in [5.74, 6) is 0. The molecule has 0 amide bonds. The quantitative estimate of drug-likeness (QED) is 0.849. The Bertz CT molecular complexity index is 488.